The topological polar surface area (TPSA) is 109 Å². The molecule has 238 valence electrons. The van der Waals surface area contributed by atoms with Crippen LogP contribution in [0.15, 0.2) is 63.1 Å². The van der Waals surface area contributed by atoms with Crippen molar-refractivity contribution in [3.63, 3.8) is 0 Å². The number of hydrogen-bond acceptors (Lipinski definition) is 10. The number of piperazine rings is 1. The number of carbonyl (C=O) groups excluding carboxylic acids is 1. The van der Waals surface area contributed by atoms with Gasteiger partial charge in [-0.3, -0.25) is 14.2 Å². The first-order chi connectivity index (χ1) is 20.7. The molecule has 0 amide bonds. The monoisotopic (exact) mass is 639 g/mol. The summed E-state index contributed by atoms with van der Waals surface area (Å²) in [5.74, 6) is 1.08. The fourth-order valence-electron chi connectivity index (χ4n) is 4.85. The average molecular weight is 640 g/mol. The molecule has 2 heterocycles. The molecule has 3 aromatic rings. The zero-order chi connectivity index (χ0) is 32.1. The Labute approximate surface area is 269 Å². The lowest BCUT2D eigenvalue weighted by atomic mass is 9.79. The fourth-order valence-corrected chi connectivity index (χ4v) is 6.69. The van der Waals surface area contributed by atoms with Crippen LogP contribution in [-0.2, 0) is 10.8 Å². The minimum Gasteiger partial charge on any atom is -0.861 e. The van der Waals surface area contributed by atoms with Crippen molar-refractivity contribution >= 4 is 40.4 Å². The van der Waals surface area contributed by atoms with Crippen LogP contribution in [0, 0.1) is 5.92 Å². The molecule has 1 aliphatic rings. The standard InChI is InChI=1S/C33H45N5O4S2/c1-23(22-44-31(41)24-11-9-8-10-12-24)30(40)34-28-21-38(35-42-28)37-15-13-36(14-16-37)17-18-43-25-19-26(32(2,3)4)29(39)27(20-25)33(5,6)7/h8-12,19-21,23H,13-18,22H2,1-7H3,(H-,34,35,39,40)/t23-/m1/s1. The number of aliphatic imine (C=N–C) groups is 1. The van der Waals surface area contributed by atoms with E-state index >= 15 is 0 Å². The molecular weight excluding hydrogens is 595 g/mol. The van der Waals surface area contributed by atoms with Crippen LogP contribution < -0.4 is 14.9 Å². The summed E-state index contributed by atoms with van der Waals surface area (Å²) < 4.78 is 5.32. The average Bonchev–Trinajstić information content (AvgIpc) is 3.44. The molecule has 1 aromatic heterocycles. The van der Waals surface area contributed by atoms with Crippen molar-refractivity contribution in [2.45, 2.75) is 64.2 Å². The van der Waals surface area contributed by atoms with Crippen LogP contribution in [0.25, 0.3) is 0 Å². The van der Waals surface area contributed by atoms with Gasteiger partial charge in [0.1, 0.15) is 5.75 Å². The van der Waals surface area contributed by atoms with E-state index in [4.69, 9.17) is 4.52 Å². The van der Waals surface area contributed by atoms with Crippen LogP contribution in [0.2, 0.25) is 0 Å². The molecular formula is C33H45N5O4S2. The second kappa shape index (κ2) is 14.4. The van der Waals surface area contributed by atoms with E-state index in [1.165, 1.54) is 4.90 Å². The zero-order valence-corrected chi connectivity index (χ0v) is 28.5. The van der Waals surface area contributed by atoms with Gasteiger partial charge in [-0.15, -0.1) is 11.8 Å². The van der Waals surface area contributed by atoms with Crippen LogP contribution in [0.3, 0.4) is 0 Å². The van der Waals surface area contributed by atoms with E-state index in [1.807, 2.05) is 30.0 Å². The maximum atomic E-state index is 12.6. The van der Waals surface area contributed by atoms with E-state index in [1.54, 1.807) is 30.0 Å². The van der Waals surface area contributed by atoms with Crippen molar-refractivity contribution < 1.29 is 24.3 Å². The van der Waals surface area contributed by atoms with Gasteiger partial charge in [-0.2, -0.15) is 5.01 Å². The van der Waals surface area contributed by atoms with Gasteiger partial charge in [-0.05, 0) is 34.8 Å². The van der Waals surface area contributed by atoms with Crippen LogP contribution in [-0.4, -0.2) is 70.5 Å². The number of benzene rings is 2. The van der Waals surface area contributed by atoms with Crippen molar-refractivity contribution in [1.82, 2.24) is 10.2 Å². The summed E-state index contributed by atoms with van der Waals surface area (Å²) in [4.78, 5) is 21.7. The first-order valence-electron chi connectivity index (χ1n) is 15.1. The molecule has 44 heavy (non-hydrogen) atoms. The predicted molar refractivity (Wildman–Crippen MR) is 177 cm³/mol. The number of carbonyl (C=O) groups is 1. The quantitative estimate of drug-likeness (QED) is 0.143. The van der Waals surface area contributed by atoms with E-state index in [-0.39, 0.29) is 27.7 Å². The Morgan fingerprint density at radius 3 is 2.27 bits per heavy atom. The number of aromatic nitrogens is 2. The highest BCUT2D eigenvalue weighted by molar-refractivity contribution is 8.14. The molecule has 1 saturated heterocycles. The third-order valence-corrected chi connectivity index (χ3v) is 9.69. The SMILES string of the molecule is C[C@H](CSC(=O)c1ccccc1)C([O-])=Nc1c[n+](N2CCN(CCSc3cc(C(C)(C)C)c(O)c(C(C)(C)C)c3)CC2)no1. The number of thioether (sulfide) groups is 2. The number of phenolic OH excluding ortho intramolecular Hbond substituents is 1. The first-order valence-corrected chi connectivity index (χ1v) is 17.0. The lowest BCUT2D eigenvalue weighted by Gasteiger charge is -2.30. The lowest BCUT2D eigenvalue weighted by molar-refractivity contribution is -0.759. The van der Waals surface area contributed by atoms with E-state index in [9.17, 15) is 15.0 Å². The molecule has 0 spiro atoms. The van der Waals surface area contributed by atoms with Gasteiger partial charge in [-0.1, -0.05) is 90.6 Å². The van der Waals surface area contributed by atoms with Gasteiger partial charge >= 0.3 is 5.88 Å². The van der Waals surface area contributed by atoms with Gasteiger partial charge in [0.25, 0.3) is 6.20 Å². The lowest BCUT2D eigenvalue weighted by Crippen LogP contribution is -2.65. The van der Waals surface area contributed by atoms with Crippen LogP contribution >= 0.6 is 23.5 Å². The van der Waals surface area contributed by atoms with Crippen molar-refractivity contribution in [2.75, 3.05) is 49.2 Å². The summed E-state index contributed by atoms with van der Waals surface area (Å²) in [5.41, 5.74) is 2.31. The van der Waals surface area contributed by atoms with Gasteiger partial charge in [0, 0.05) is 52.7 Å². The van der Waals surface area contributed by atoms with Gasteiger partial charge in [0.05, 0.1) is 17.9 Å². The van der Waals surface area contributed by atoms with Crippen LogP contribution in [0.1, 0.15) is 70.0 Å². The second-order valence-electron chi connectivity index (χ2n) is 13.3. The number of hydrogen-bond donors (Lipinski definition) is 1. The molecule has 0 bridgehead atoms. The van der Waals surface area contributed by atoms with Crippen LogP contribution in [0.5, 0.6) is 5.75 Å². The Morgan fingerprint density at radius 2 is 1.68 bits per heavy atom. The molecule has 0 saturated carbocycles. The highest BCUT2D eigenvalue weighted by atomic mass is 32.2. The van der Waals surface area contributed by atoms with Crippen LogP contribution in [0.4, 0.5) is 5.88 Å². The molecule has 1 N–H and O–H groups in total. The van der Waals surface area contributed by atoms with E-state index in [0.29, 0.717) is 17.1 Å². The van der Waals surface area contributed by atoms with E-state index in [0.717, 1.165) is 61.4 Å². The molecule has 11 heteroatoms. The second-order valence-corrected chi connectivity index (χ2v) is 15.4. The van der Waals surface area contributed by atoms with Crippen molar-refractivity contribution in [2.24, 2.45) is 10.9 Å². The van der Waals surface area contributed by atoms with Crippen molar-refractivity contribution in [3.05, 3.63) is 65.4 Å². The molecule has 0 radical (unpaired) electrons. The maximum Gasteiger partial charge on any atom is 0.324 e. The number of phenols is 1. The van der Waals surface area contributed by atoms with Gasteiger partial charge < -0.3 is 10.2 Å². The minimum atomic E-state index is -0.436. The first kappa shape index (κ1) is 33.9. The molecule has 4 rings (SSSR count). The van der Waals surface area contributed by atoms with Crippen molar-refractivity contribution in [3.8, 4) is 5.75 Å². The highest BCUT2D eigenvalue weighted by Crippen LogP contribution is 2.41. The van der Waals surface area contributed by atoms with Gasteiger partial charge in [0.15, 0.2) is 0 Å². The fraction of sp³-hybridized carbons (Fsp3) is 0.515. The Kier molecular flexibility index (Phi) is 11.1. The normalized spacial score (nSPS) is 15.9. The molecule has 2 aromatic carbocycles. The molecule has 9 nitrogen and oxygen atoms in total. The Bertz CT molecular complexity index is 1400. The number of nitrogens with zero attached hydrogens (tertiary/aromatic N) is 5. The van der Waals surface area contributed by atoms with Gasteiger partial charge in [-0.25, -0.2) is 4.99 Å². The molecule has 1 fully saturated rings. The summed E-state index contributed by atoms with van der Waals surface area (Å²) in [6.45, 7) is 18.9. The minimum absolute atomic E-state index is 0.0646. The Balaban J connectivity index is 1.25. The summed E-state index contributed by atoms with van der Waals surface area (Å²) in [7, 11) is 0. The number of rotatable bonds is 10. The third kappa shape index (κ3) is 9.01. The molecule has 0 unspecified atom stereocenters. The third-order valence-electron chi connectivity index (χ3n) is 7.57. The summed E-state index contributed by atoms with van der Waals surface area (Å²) in [5, 5.41) is 29.7. The largest absolute Gasteiger partial charge is 0.861 e. The highest BCUT2D eigenvalue weighted by Gasteiger charge is 2.28. The van der Waals surface area contributed by atoms with E-state index < -0.39 is 5.92 Å². The van der Waals surface area contributed by atoms with Gasteiger partial charge in [0.2, 0.25) is 10.4 Å². The predicted octanol–water partition coefficient (Wildman–Crippen LogP) is 4.91. The molecule has 1 aliphatic heterocycles. The molecule has 0 aliphatic carbocycles. The number of aromatic hydroxyl groups is 1. The Morgan fingerprint density at radius 1 is 1.07 bits per heavy atom. The van der Waals surface area contributed by atoms with E-state index in [2.05, 4.69) is 73.8 Å². The maximum absolute atomic E-state index is 12.6. The zero-order valence-electron chi connectivity index (χ0n) is 26.9. The summed E-state index contributed by atoms with van der Waals surface area (Å²) in [6.07, 6.45) is 1.63. The Hall–Kier alpha value is -3.02. The summed E-state index contributed by atoms with van der Waals surface area (Å²) >= 11 is 2.95. The van der Waals surface area contributed by atoms with Crippen molar-refractivity contribution in [1.29, 1.82) is 0 Å². The molecule has 1 atom stereocenters. The summed E-state index contributed by atoms with van der Waals surface area (Å²) in [6, 6.07) is 13.3. The smallest absolute Gasteiger partial charge is 0.324 e.